The van der Waals surface area contributed by atoms with Gasteiger partial charge in [0, 0.05) is 29.1 Å². The van der Waals surface area contributed by atoms with Crippen LogP contribution in [0, 0.1) is 13.8 Å². The molecule has 33 heavy (non-hydrogen) atoms. The second kappa shape index (κ2) is 10.7. The number of pyridine rings is 1. The third kappa shape index (κ3) is 5.13. The molecule has 2 aromatic carbocycles. The van der Waals surface area contributed by atoms with Gasteiger partial charge in [0.15, 0.2) is 23.9 Å². The topological polar surface area (TPSA) is 74.7 Å². The van der Waals surface area contributed by atoms with Crippen molar-refractivity contribution in [3.05, 3.63) is 80.6 Å². The summed E-state index contributed by atoms with van der Waals surface area (Å²) in [5, 5.41) is 0.457. The Kier molecular flexibility index (Phi) is 7.95. The number of hydrogen-bond donors (Lipinski definition) is 0. The zero-order chi connectivity index (χ0) is 24.1. The van der Waals surface area contributed by atoms with Crippen molar-refractivity contribution in [1.29, 1.82) is 0 Å². The van der Waals surface area contributed by atoms with Crippen LogP contribution in [0.5, 0.6) is 17.2 Å². The third-order valence-corrected chi connectivity index (χ3v) is 5.84. The molecule has 1 atom stereocenters. The molecule has 0 bridgehead atoms. The first-order valence-corrected chi connectivity index (χ1v) is 10.8. The molecule has 0 N–H and O–H groups in total. The summed E-state index contributed by atoms with van der Waals surface area (Å²) in [5.74, 6) is -0.288. The fourth-order valence-electron chi connectivity index (χ4n) is 3.66. The fraction of sp³-hybridized carbons (Fsp3) is 0.240. The Morgan fingerprint density at radius 3 is 2.30 bits per heavy atom. The smallest absolute Gasteiger partial charge is 0.203 e. The summed E-state index contributed by atoms with van der Waals surface area (Å²) in [6, 6.07) is 8.87. The first kappa shape index (κ1) is 24.6. The summed E-state index contributed by atoms with van der Waals surface area (Å²) < 4.78 is 16.9. The molecule has 1 aromatic heterocycles. The highest BCUT2D eigenvalue weighted by Gasteiger charge is 2.28. The Labute approximate surface area is 202 Å². The number of benzene rings is 2. The molecule has 0 fully saturated rings. The van der Waals surface area contributed by atoms with Crippen molar-refractivity contribution in [3.63, 3.8) is 0 Å². The predicted molar refractivity (Wildman–Crippen MR) is 127 cm³/mol. The van der Waals surface area contributed by atoms with Crippen LogP contribution in [0.3, 0.4) is 0 Å². The maximum atomic E-state index is 12.9. The van der Waals surface area contributed by atoms with Crippen molar-refractivity contribution in [2.24, 2.45) is 0 Å². The average Bonchev–Trinajstić information content (AvgIpc) is 2.79. The lowest BCUT2D eigenvalue weighted by Gasteiger charge is -2.21. The van der Waals surface area contributed by atoms with Crippen LogP contribution in [0.1, 0.15) is 38.5 Å². The molecule has 0 spiro atoms. The first-order chi connectivity index (χ1) is 15.8. The fourth-order valence-corrected chi connectivity index (χ4v) is 4.26. The molecule has 8 heteroatoms. The monoisotopic (exact) mass is 487 g/mol. The number of Topliss-reactive ketones (excluding diaryl/α,β-unsaturated/α-hetero) is 1. The molecule has 0 aliphatic carbocycles. The van der Waals surface area contributed by atoms with E-state index in [2.05, 4.69) is 4.98 Å². The molecule has 3 aromatic rings. The second-order valence-electron chi connectivity index (χ2n) is 7.38. The van der Waals surface area contributed by atoms with Crippen molar-refractivity contribution in [1.82, 2.24) is 4.98 Å². The number of aryl methyl sites for hydroxylation is 2. The lowest BCUT2D eigenvalue weighted by Crippen LogP contribution is -2.16. The number of aldehydes is 1. The van der Waals surface area contributed by atoms with Gasteiger partial charge in [-0.3, -0.25) is 9.78 Å². The molecule has 0 radical (unpaired) electrons. The molecule has 6 nitrogen and oxygen atoms in total. The van der Waals surface area contributed by atoms with E-state index >= 15 is 0 Å². The molecule has 172 valence electrons. The van der Waals surface area contributed by atoms with E-state index in [-0.39, 0.29) is 33.9 Å². The van der Waals surface area contributed by atoms with E-state index in [0.717, 1.165) is 11.1 Å². The van der Waals surface area contributed by atoms with Gasteiger partial charge in [0.1, 0.15) is 6.29 Å². The Bertz CT molecular complexity index is 1180. The SMILES string of the molecule is COc1ccc(C(C=O)c2c(Cl)cncc2Cl)c(OCC(=O)c2ccc(C)cc2C)c1OC. The van der Waals surface area contributed by atoms with Crippen LogP contribution in [0.2, 0.25) is 10.0 Å². The quantitative estimate of drug-likeness (QED) is 0.288. The first-order valence-electron chi connectivity index (χ1n) is 10.0. The van der Waals surface area contributed by atoms with Crippen molar-refractivity contribution >= 4 is 35.3 Å². The zero-order valence-corrected chi connectivity index (χ0v) is 20.2. The molecule has 1 heterocycles. The van der Waals surface area contributed by atoms with Crippen LogP contribution < -0.4 is 14.2 Å². The van der Waals surface area contributed by atoms with Gasteiger partial charge in [-0.15, -0.1) is 0 Å². The Hall–Kier alpha value is -3.09. The van der Waals surface area contributed by atoms with Gasteiger partial charge in [-0.25, -0.2) is 0 Å². The van der Waals surface area contributed by atoms with E-state index in [4.69, 9.17) is 37.4 Å². The van der Waals surface area contributed by atoms with E-state index in [1.165, 1.54) is 26.6 Å². The zero-order valence-electron chi connectivity index (χ0n) is 18.6. The number of carbonyl (C=O) groups is 2. The van der Waals surface area contributed by atoms with E-state index in [1.807, 2.05) is 26.0 Å². The van der Waals surface area contributed by atoms with Crippen molar-refractivity contribution < 1.29 is 23.8 Å². The third-order valence-electron chi connectivity index (χ3n) is 5.23. The minimum absolute atomic E-state index is 0.191. The van der Waals surface area contributed by atoms with Gasteiger partial charge in [-0.1, -0.05) is 53.0 Å². The van der Waals surface area contributed by atoms with Crippen LogP contribution >= 0.6 is 23.2 Å². The summed E-state index contributed by atoms with van der Waals surface area (Å²) in [7, 11) is 2.93. The van der Waals surface area contributed by atoms with Crippen molar-refractivity contribution in [3.8, 4) is 17.2 Å². The number of halogens is 2. The largest absolute Gasteiger partial charge is 0.493 e. The normalized spacial score (nSPS) is 11.6. The Morgan fingerprint density at radius 1 is 1.03 bits per heavy atom. The molecule has 3 rings (SSSR count). The standard InChI is InChI=1S/C25H23Cl2NO5/c1-14-5-6-16(15(2)9-14)21(30)13-33-24-17(7-8-22(31-3)25(24)32-4)18(12-29)23-19(26)10-28-11-20(23)27/h5-12,18H,13H2,1-4H3. The maximum absolute atomic E-state index is 12.9. The second-order valence-corrected chi connectivity index (χ2v) is 8.19. The van der Waals surface area contributed by atoms with Crippen molar-refractivity contribution in [2.75, 3.05) is 20.8 Å². The number of ketones is 1. The van der Waals surface area contributed by atoms with E-state index in [1.54, 1.807) is 18.2 Å². The maximum Gasteiger partial charge on any atom is 0.203 e. The van der Waals surface area contributed by atoms with Gasteiger partial charge in [0.05, 0.1) is 30.2 Å². The van der Waals surface area contributed by atoms with Gasteiger partial charge in [0.25, 0.3) is 0 Å². The van der Waals surface area contributed by atoms with Crippen LogP contribution in [0.4, 0.5) is 0 Å². The molecule has 0 amide bonds. The summed E-state index contributed by atoms with van der Waals surface area (Å²) in [4.78, 5) is 29.1. The van der Waals surface area contributed by atoms with Crippen LogP contribution in [-0.4, -0.2) is 37.9 Å². The lowest BCUT2D eigenvalue weighted by molar-refractivity contribution is -0.108. The summed E-state index contributed by atoms with van der Waals surface area (Å²) >= 11 is 12.6. The van der Waals surface area contributed by atoms with E-state index in [0.29, 0.717) is 28.7 Å². The number of carbonyl (C=O) groups excluding carboxylic acids is 2. The number of aromatic nitrogens is 1. The van der Waals surface area contributed by atoms with Crippen LogP contribution in [0.25, 0.3) is 0 Å². The van der Waals surface area contributed by atoms with Crippen LogP contribution in [-0.2, 0) is 4.79 Å². The summed E-state index contributed by atoms with van der Waals surface area (Å²) in [6.07, 6.45) is 3.52. The molecule has 0 aliphatic heterocycles. The lowest BCUT2D eigenvalue weighted by atomic mass is 9.92. The number of methoxy groups -OCH3 is 2. The molecule has 0 aliphatic rings. The number of rotatable bonds is 9. The highest BCUT2D eigenvalue weighted by atomic mass is 35.5. The number of ether oxygens (including phenoxy) is 3. The van der Waals surface area contributed by atoms with Crippen molar-refractivity contribution in [2.45, 2.75) is 19.8 Å². The average molecular weight is 488 g/mol. The number of hydrogen-bond acceptors (Lipinski definition) is 6. The minimum atomic E-state index is -0.890. The van der Waals surface area contributed by atoms with Gasteiger partial charge >= 0.3 is 0 Å². The van der Waals surface area contributed by atoms with Gasteiger partial charge in [-0.05, 0) is 25.5 Å². The molecule has 0 saturated carbocycles. The molecule has 1 unspecified atom stereocenters. The Morgan fingerprint density at radius 2 is 1.73 bits per heavy atom. The van der Waals surface area contributed by atoms with Gasteiger partial charge in [0.2, 0.25) is 5.75 Å². The van der Waals surface area contributed by atoms with E-state index < -0.39 is 5.92 Å². The minimum Gasteiger partial charge on any atom is -0.493 e. The van der Waals surface area contributed by atoms with Gasteiger partial charge in [-0.2, -0.15) is 0 Å². The molecule has 0 saturated heterocycles. The molecular weight excluding hydrogens is 465 g/mol. The highest BCUT2D eigenvalue weighted by Crippen LogP contribution is 2.45. The summed E-state index contributed by atoms with van der Waals surface area (Å²) in [6.45, 7) is 3.55. The highest BCUT2D eigenvalue weighted by molar-refractivity contribution is 6.36. The Balaban J connectivity index is 2.07. The van der Waals surface area contributed by atoms with Gasteiger partial charge < -0.3 is 19.0 Å². The molecular formula is C25H23Cl2NO5. The summed E-state index contributed by atoms with van der Waals surface area (Å²) in [5.41, 5.74) is 3.26. The number of nitrogens with zero attached hydrogens (tertiary/aromatic N) is 1. The van der Waals surface area contributed by atoms with Crippen LogP contribution in [0.15, 0.2) is 42.7 Å². The predicted octanol–water partition coefficient (Wildman–Crippen LogP) is 5.61. The van der Waals surface area contributed by atoms with E-state index in [9.17, 15) is 9.59 Å².